The second-order valence-electron chi connectivity index (χ2n) is 5.01. The number of benzene rings is 2. The molecule has 0 radical (unpaired) electrons. The minimum absolute atomic E-state index is 0.195. The van der Waals surface area contributed by atoms with E-state index in [0.29, 0.717) is 5.56 Å². The lowest BCUT2D eigenvalue weighted by Crippen LogP contribution is -2.19. The molecule has 0 aliphatic heterocycles. The standard InChI is InChI=1S/C19H20N2O/c1-3-18(14-11-16-7-5-4-6-8-16)20-21-19(22)17-12-9-15(2)10-13-17/h4-14H,3H2,1-2H3,(H,21,22)/b14-11+,20-18+. The molecule has 0 spiro atoms. The summed E-state index contributed by atoms with van der Waals surface area (Å²) in [5.41, 5.74) is 6.27. The maximum Gasteiger partial charge on any atom is 0.271 e. The number of carbonyl (C=O) groups is 1. The molecule has 22 heavy (non-hydrogen) atoms. The first kappa shape index (κ1) is 15.7. The summed E-state index contributed by atoms with van der Waals surface area (Å²) in [6.07, 6.45) is 4.66. The average Bonchev–Trinajstić information content (AvgIpc) is 2.56. The Labute approximate surface area is 131 Å². The van der Waals surface area contributed by atoms with Crippen molar-refractivity contribution in [1.29, 1.82) is 0 Å². The van der Waals surface area contributed by atoms with Crippen LogP contribution in [0.5, 0.6) is 0 Å². The first-order chi connectivity index (χ1) is 10.7. The highest BCUT2D eigenvalue weighted by molar-refractivity contribution is 6.00. The first-order valence-corrected chi connectivity index (χ1v) is 7.35. The molecule has 0 heterocycles. The fourth-order valence-electron chi connectivity index (χ4n) is 1.88. The molecular weight excluding hydrogens is 272 g/mol. The van der Waals surface area contributed by atoms with Gasteiger partial charge in [-0.25, -0.2) is 5.43 Å². The van der Waals surface area contributed by atoms with E-state index in [2.05, 4.69) is 10.5 Å². The number of hydrazone groups is 1. The maximum absolute atomic E-state index is 12.0. The molecular formula is C19H20N2O. The molecule has 0 aliphatic carbocycles. The number of allylic oxidation sites excluding steroid dienone is 1. The van der Waals surface area contributed by atoms with Crippen LogP contribution in [0.1, 0.15) is 34.8 Å². The number of amides is 1. The third kappa shape index (κ3) is 4.70. The van der Waals surface area contributed by atoms with E-state index in [0.717, 1.165) is 23.3 Å². The Bertz CT molecular complexity index is 670. The van der Waals surface area contributed by atoms with Gasteiger partial charge in [0.05, 0.1) is 5.71 Å². The molecule has 0 fully saturated rings. The van der Waals surface area contributed by atoms with Crippen LogP contribution in [0.15, 0.2) is 65.8 Å². The van der Waals surface area contributed by atoms with Gasteiger partial charge in [-0.15, -0.1) is 0 Å². The summed E-state index contributed by atoms with van der Waals surface area (Å²) in [4.78, 5) is 12.0. The summed E-state index contributed by atoms with van der Waals surface area (Å²) in [5, 5.41) is 4.19. The van der Waals surface area contributed by atoms with Crippen LogP contribution in [0.25, 0.3) is 6.08 Å². The molecule has 0 bridgehead atoms. The van der Waals surface area contributed by atoms with Crippen LogP contribution >= 0.6 is 0 Å². The quantitative estimate of drug-likeness (QED) is 0.651. The molecule has 0 atom stereocenters. The van der Waals surface area contributed by atoms with Crippen LogP contribution in [0.3, 0.4) is 0 Å². The lowest BCUT2D eigenvalue weighted by Gasteiger charge is -2.02. The van der Waals surface area contributed by atoms with E-state index in [1.54, 1.807) is 12.1 Å². The van der Waals surface area contributed by atoms with E-state index >= 15 is 0 Å². The van der Waals surface area contributed by atoms with Crippen molar-refractivity contribution in [2.45, 2.75) is 20.3 Å². The van der Waals surface area contributed by atoms with Gasteiger partial charge in [-0.05, 0) is 37.1 Å². The van der Waals surface area contributed by atoms with Crippen LogP contribution in [-0.4, -0.2) is 11.6 Å². The molecule has 2 rings (SSSR count). The van der Waals surface area contributed by atoms with Gasteiger partial charge in [0.25, 0.3) is 5.91 Å². The van der Waals surface area contributed by atoms with E-state index in [1.165, 1.54) is 0 Å². The third-order valence-electron chi connectivity index (χ3n) is 3.24. The number of hydrogen-bond donors (Lipinski definition) is 1. The van der Waals surface area contributed by atoms with Gasteiger partial charge in [0.1, 0.15) is 0 Å². The first-order valence-electron chi connectivity index (χ1n) is 7.35. The second kappa shape index (κ2) is 7.93. The molecule has 2 aromatic carbocycles. The molecule has 3 nitrogen and oxygen atoms in total. The SMILES string of the molecule is CCC(/C=C/c1ccccc1)=N\NC(=O)c1ccc(C)cc1. The van der Waals surface area contributed by atoms with Crippen molar-refractivity contribution in [3.63, 3.8) is 0 Å². The number of carbonyl (C=O) groups excluding carboxylic acids is 1. The van der Waals surface area contributed by atoms with Gasteiger partial charge in [-0.3, -0.25) is 4.79 Å². The Morgan fingerprint density at radius 3 is 2.41 bits per heavy atom. The number of nitrogens with one attached hydrogen (secondary N) is 1. The summed E-state index contributed by atoms with van der Waals surface area (Å²) >= 11 is 0. The molecule has 0 aromatic heterocycles. The summed E-state index contributed by atoms with van der Waals surface area (Å²) in [7, 11) is 0. The minimum atomic E-state index is -0.195. The molecule has 3 heteroatoms. The van der Waals surface area contributed by atoms with Crippen LogP contribution in [-0.2, 0) is 0 Å². The van der Waals surface area contributed by atoms with E-state index in [-0.39, 0.29) is 5.91 Å². The summed E-state index contributed by atoms with van der Waals surface area (Å²) < 4.78 is 0. The van der Waals surface area contributed by atoms with E-state index in [9.17, 15) is 4.79 Å². The number of rotatable bonds is 5. The van der Waals surface area contributed by atoms with Gasteiger partial charge >= 0.3 is 0 Å². The summed E-state index contributed by atoms with van der Waals surface area (Å²) in [6, 6.07) is 17.4. The van der Waals surface area contributed by atoms with Crippen molar-refractivity contribution in [3.8, 4) is 0 Å². The lowest BCUT2D eigenvalue weighted by molar-refractivity contribution is 0.0955. The zero-order valence-corrected chi connectivity index (χ0v) is 12.9. The Hall–Kier alpha value is -2.68. The van der Waals surface area contributed by atoms with Crippen molar-refractivity contribution in [2.24, 2.45) is 5.10 Å². The second-order valence-corrected chi connectivity index (χ2v) is 5.01. The van der Waals surface area contributed by atoms with Gasteiger partial charge in [0.2, 0.25) is 0 Å². The molecule has 0 saturated carbocycles. The molecule has 0 aliphatic rings. The lowest BCUT2D eigenvalue weighted by atomic mass is 10.1. The fourth-order valence-corrected chi connectivity index (χ4v) is 1.88. The number of aryl methyl sites for hydroxylation is 1. The molecule has 2 aromatic rings. The summed E-state index contributed by atoms with van der Waals surface area (Å²) in [6.45, 7) is 4.00. The van der Waals surface area contributed by atoms with Crippen molar-refractivity contribution >= 4 is 17.7 Å². The molecule has 1 amide bonds. The fraction of sp³-hybridized carbons (Fsp3) is 0.158. The van der Waals surface area contributed by atoms with Crippen molar-refractivity contribution in [3.05, 3.63) is 77.4 Å². The van der Waals surface area contributed by atoms with Crippen molar-refractivity contribution in [2.75, 3.05) is 0 Å². The number of nitrogens with zero attached hydrogens (tertiary/aromatic N) is 1. The van der Waals surface area contributed by atoms with Crippen LogP contribution in [0.4, 0.5) is 0 Å². The minimum Gasteiger partial charge on any atom is -0.267 e. The molecule has 0 saturated heterocycles. The van der Waals surface area contributed by atoms with E-state index in [1.807, 2.05) is 68.5 Å². The summed E-state index contributed by atoms with van der Waals surface area (Å²) in [5.74, 6) is -0.195. The Balaban J connectivity index is 2.01. The van der Waals surface area contributed by atoms with Gasteiger partial charge in [-0.2, -0.15) is 5.10 Å². The zero-order valence-electron chi connectivity index (χ0n) is 12.9. The monoisotopic (exact) mass is 292 g/mol. The maximum atomic E-state index is 12.0. The third-order valence-corrected chi connectivity index (χ3v) is 3.24. The highest BCUT2D eigenvalue weighted by Crippen LogP contribution is 2.04. The van der Waals surface area contributed by atoms with Gasteiger partial charge in [0, 0.05) is 5.56 Å². The average molecular weight is 292 g/mol. The highest BCUT2D eigenvalue weighted by Gasteiger charge is 2.03. The molecule has 1 N–H and O–H groups in total. The number of hydrogen-bond acceptors (Lipinski definition) is 2. The van der Waals surface area contributed by atoms with Crippen molar-refractivity contribution in [1.82, 2.24) is 5.43 Å². The topological polar surface area (TPSA) is 41.5 Å². The van der Waals surface area contributed by atoms with Crippen LogP contribution in [0.2, 0.25) is 0 Å². The highest BCUT2D eigenvalue weighted by atomic mass is 16.2. The van der Waals surface area contributed by atoms with Crippen LogP contribution in [0, 0.1) is 6.92 Å². The molecule has 112 valence electrons. The van der Waals surface area contributed by atoms with Crippen molar-refractivity contribution < 1.29 is 4.79 Å². The Morgan fingerprint density at radius 1 is 1.09 bits per heavy atom. The smallest absolute Gasteiger partial charge is 0.267 e. The van der Waals surface area contributed by atoms with Gasteiger partial charge in [-0.1, -0.05) is 61.0 Å². The normalized spacial score (nSPS) is 11.6. The van der Waals surface area contributed by atoms with Gasteiger partial charge in [0.15, 0.2) is 0 Å². The predicted molar refractivity (Wildman–Crippen MR) is 91.8 cm³/mol. The van der Waals surface area contributed by atoms with E-state index in [4.69, 9.17) is 0 Å². The van der Waals surface area contributed by atoms with Crippen LogP contribution < -0.4 is 5.43 Å². The zero-order chi connectivity index (χ0) is 15.8. The predicted octanol–water partition coefficient (Wildman–Crippen LogP) is 4.20. The van der Waals surface area contributed by atoms with E-state index < -0.39 is 0 Å². The largest absolute Gasteiger partial charge is 0.271 e. The Kier molecular flexibility index (Phi) is 5.66. The Morgan fingerprint density at radius 2 is 1.77 bits per heavy atom. The molecule has 0 unspecified atom stereocenters. The van der Waals surface area contributed by atoms with Gasteiger partial charge < -0.3 is 0 Å².